The number of carbonyl (C=O) groups excluding carboxylic acids is 6. The molecule has 3 aliphatic heterocycles. The maximum Gasteiger partial charge on any atom is 0.407 e. The van der Waals surface area contributed by atoms with Gasteiger partial charge in [0.2, 0.25) is 23.6 Å². The molecule has 1 saturated carbocycles. The summed E-state index contributed by atoms with van der Waals surface area (Å²) in [5.41, 5.74) is 5.78. The molecule has 82 heavy (non-hydrogen) atoms. The van der Waals surface area contributed by atoms with Crippen LogP contribution >= 0.6 is 0 Å². The lowest BCUT2D eigenvalue weighted by Crippen LogP contribution is -2.53. The second-order valence-electron chi connectivity index (χ2n) is 23.4. The SMILES string of the molecule is CC(/C=C/[C@H]1O[C@H](CC(=O)N[C@H]2CC[C@H](OC(=O)CCc3ccccc3NC(=O)[C@H](C)NC(=O)[C@@H](NC(=O)OCC3c4ccccc4-c4ccccc43)C(C)C)CC2)C[C@@]2(CO2)[C@@H]1O)=C\C[C@@H]1O[C@H](C)[C@H](NC(=O)/C=C\[C@H](C)O)C[C@@H]1C. The summed E-state index contributed by atoms with van der Waals surface area (Å²) in [5, 5.41) is 35.2. The minimum atomic E-state index is -0.972. The Bertz CT molecular complexity index is 2790. The summed E-state index contributed by atoms with van der Waals surface area (Å²) < 4.78 is 30.0. The van der Waals surface area contributed by atoms with Gasteiger partial charge in [-0.15, -0.1) is 0 Å². The number of aliphatic hydroxyl groups is 2. The van der Waals surface area contributed by atoms with Crippen LogP contribution in [0.2, 0.25) is 0 Å². The molecule has 7 N–H and O–H groups in total. The third-order valence-electron chi connectivity index (χ3n) is 16.5. The van der Waals surface area contributed by atoms with Crippen LogP contribution in [0, 0.1) is 11.8 Å². The number of epoxide rings is 1. The molecule has 3 aromatic carbocycles. The molecule has 18 nitrogen and oxygen atoms in total. The fourth-order valence-electron chi connectivity index (χ4n) is 11.7. The number of esters is 1. The smallest absolute Gasteiger partial charge is 0.407 e. The normalized spacial score (nSPS) is 27.2. The van der Waals surface area contributed by atoms with Crippen LogP contribution in [-0.4, -0.2) is 132 Å². The molecule has 0 aromatic heterocycles. The van der Waals surface area contributed by atoms with Gasteiger partial charge >= 0.3 is 12.1 Å². The van der Waals surface area contributed by atoms with Crippen LogP contribution < -0.4 is 26.6 Å². The average molecular weight is 1130 g/mol. The van der Waals surface area contributed by atoms with E-state index in [1.54, 1.807) is 39.8 Å². The molecule has 18 heteroatoms. The predicted molar refractivity (Wildman–Crippen MR) is 309 cm³/mol. The van der Waals surface area contributed by atoms with Gasteiger partial charge in [-0.3, -0.25) is 24.0 Å². The maximum absolute atomic E-state index is 13.5. The summed E-state index contributed by atoms with van der Waals surface area (Å²) in [4.78, 5) is 79.1. The Balaban J connectivity index is 0.726. The molecule has 8 rings (SSSR count). The van der Waals surface area contributed by atoms with Crippen molar-refractivity contribution in [1.82, 2.24) is 21.3 Å². The van der Waals surface area contributed by atoms with Gasteiger partial charge < -0.3 is 60.5 Å². The molecule has 1 spiro atoms. The predicted octanol–water partition coefficient (Wildman–Crippen LogP) is 7.40. The summed E-state index contributed by atoms with van der Waals surface area (Å²) >= 11 is 0. The van der Waals surface area contributed by atoms with Crippen LogP contribution in [0.3, 0.4) is 0 Å². The Morgan fingerprint density at radius 2 is 1.50 bits per heavy atom. The highest BCUT2D eigenvalue weighted by Gasteiger charge is 2.58. The summed E-state index contributed by atoms with van der Waals surface area (Å²) in [5.74, 6) is -2.08. The number of anilines is 1. The van der Waals surface area contributed by atoms with Crippen molar-refractivity contribution in [2.24, 2.45) is 11.8 Å². The summed E-state index contributed by atoms with van der Waals surface area (Å²) in [6.07, 6.45) is 9.38. The zero-order chi connectivity index (χ0) is 58.7. The molecule has 0 radical (unpaired) electrons. The number of alkyl carbamates (subject to hydrolysis) is 1. The van der Waals surface area contributed by atoms with Crippen LogP contribution in [0.5, 0.6) is 0 Å². The molecular formula is C64H83N5O13. The number of rotatable bonds is 22. The molecule has 0 bridgehead atoms. The van der Waals surface area contributed by atoms with Crippen LogP contribution in [0.4, 0.5) is 10.5 Å². The number of para-hydroxylation sites is 1. The van der Waals surface area contributed by atoms with Crippen LogP contribution in [0.1, 0.15) is 129 Å². The van der Waals surface area contributed by atoms with Crippen molar-refractivity contribution < 1.29 is 62.7 Å². The Morgan fingerprint density at radius 3 is 2.17 bits per heavy atom. The lowest BCUT2D eigenvalue weighted by Gasteiger charge is -2.39. The van der Waals surface area contributed by atoms with Crippen LogP contribution in [-0.2, 0) is 54.1 Å². The van der Waals surface area contributed by atoms with E-state index < -0.39 is 60.0 Å². The maximum atomic E-state index is 13.5. The third kappa shape index (κ3) is 16.3. The minimum Gasteiger partial charge on any atom is -0.462 e. The van der Waals surface area contributed by atoms with Crippen molar-refractivity contribution in [2.45, 2.75) is 191 Å². The quantitative estimate of drug-likeness (QED) is 0.0224. The van der Waals surface area contributed by atoms with Crippen LogP contribution in [0.25, 0.3) is 11.1 Å². The van der Waals surface area contributed by atoms with E-state index in [1.807, 2.05) is 74.5 Å². The average Bonchev–Trinajstić information content (AvgIpc) is 3.00. The Kier molecular flexibility index (Phi) is 21.0. The van der Waals surface area contributed by atoms with Gasteiger partial charge in [0.1, 0.15) is 42.6 Å². The van der Waals surface area contributed by atoms with Gasteiger partial charge in [0, 0.05) is 36.6 Å². The number of nitrogens with one attached hydrogen (secondary N) is 5. The number of ether oxygens (including phenoxy) is 5. The number of aryl methyl sites for hydroxylation is 1. The summed E-state index contributed by atoms with van der Waals surface area (Å²) in [6, 6.07) is 21.0. The highest BCUT2D eigenvalue weighted by molar-refractivity contribution is 5.98. The van der Waals surface area contributed by atoms with Crippen molar-refractivity contribution >= 4 is 41.4 Å². The Hall–Kier alpha value is -6.70. The standard InChI is InChI=1S/C64H83N5O13/c1-37(2)59(69-63(77)78-35-51-49-17-11-9-15-47(49)48-16-10-12-18-50(48)51)62(76)65-41(6)61(75)68-52-19-13-8-14-43(52)23-31-58(73)82-45-26-24-44(25-27-45)66-57(72)33-46-34-64(36-79-64)60(74)55(81-46)29-21-38(3)20-28-54-39(4)32-53(42(7)80-54)67-56(71)30-22-40(5)70/h8-22,29-30,37,39-42,44-46,51,53-55,59-60,70,74H,23-28,31-36H2,1-7H3,(H,65,76)(H,66,72)(H,67,71)(H,68,75)(H,69,77)/b29-21+,30-22-,38-20+/t39-,40-,41-,42+,44-,45-,46+,53+,54-,55+,59-,60+,64+/m0/s1. The molecule has 3 aromatic rings. The van der Waals surface area contributed by atoms with E-state index in [0.29, 0.717) is 62.8 Å². The fourth-order valence-corrected chi connectivity index (χ4v) is 11.7. The molecule has 4 fully saturated rings. The monoisotopic (exact) mass is 1130 g/mol. The molecule has 0 unspecified atom stereocenters. The second kappa shape index (κ2) is 28.0. The zero-order valence-corrected chi connectivity index (χ0v) is 48.3. The summed E-state index contributed by atoms with van der Waals surface area (Å²) in [6.45, 7) is 13.3. The lowest BCUT2D eigenvalue weighted by atomic mass is 9.87. The molecule has 3 heterocycles. The number of carbonyl (C=O) groups is 6. The Labute approximate surface area is 481 Å². The number of hydrogen-bond acceptors (Lipinski definition) is 13. The van der Waals surface area contributed by atoms with Gasteiger partial charge in [0.05, 0.1) is 43.5 Å². The Morgan fingerprint density at radius 1 is 0.829 bits per heavy atom. The van der Waals surface area contributed by atoms with Crippen molar-refractivity contribution in [2.75, 3.05) is 18.5 Å². The van der Waals surface area contributed by atoms with E-state index in [9.17, 15) is 39.0 Å². The van der Waals surface area contributed by atoms with E-state index in [2.05, 4.69) is 51.7 Å². The number of hydrogen-bond donors (Lipinski definition) is 7. The largest absolute Gasteiger partial charge is 0.462 e. The highest BCUT2D eigenvalue weighted by Crippen LogP contribution is 2.45. The first-order valence-corrected chi connectivity index (χ1v) is 29.2. The van der Waals surface area contributed by atoms with Crippen molar-refractivity contribution in [1.29, 1.82) is 0 Å². The van der Waals surface area contributed by atoms with E-state index >= 15 is 0 Å². The first-order valence-electron chi connectivity index (χ1n) is 29.2. The van der Waals surface area contributed by atoms with E-state index in [4.69, 9.17) is 23.7 Å². The molecule has 3 saturated heterocycles. The first kappa shape index (κ1) is 61.4. The number of fused-ring (bicyclic) bond motifs is 3. The number of benzene rings is 3. The van der Waals surface area contributed by atoms with Gasteiger partial charge in [-0.05, 0) is 118 Å². The van der Waals surface area contributed by atoms with Gasteiger partial charge in [0.15, 0.2) is 0 Å². The molecule has 442 valence electrons. The number of allylic oxidation sites excluding steroid dienone is 2. The van der Waals surface area contributed by atoms with E-state index in [-0.39, 0.29) is 85.4 Å². The van der Waals surface area contributed by atoms with Crippen molar-refractivity contribution in [3.05, 3.63) is 125 Å². The van der Waals surface area contributed by atoms with Gasteiger partial charge in [-0.1, -0.05) is 117 Å². The fraction of sp³-hybridized carbons (Fsp3) is 0.531. The van der Waals surface area contributed by atoms with E-state index in [0.717, 1.165) is 34.2 Å². The number of aliphatic hydroxyl groups excluding tert-OH is 2. The van der Waals surface area contributed by atoms with Gasteiger partial charge in [-0.2, -0.15) is 0 Å². The number of amides is 5. The molecule has 5 amide bonds. The van der Waals surface area contributed by atoms with E-state index in [1.165, 1.54) is 12.2 Å². The molecular weight excluding hydrogens is 1050 g/mol. The second-order valence-corrected chi connectivity index (χ2v) is 23.4. The molecule has 11 atom stereocenters. The summed E-state index contributed by atoms with van der Waals surface area (Å²) in [7, 11) is 0. The van der Waals surface area contributed by atoms with Gasteiger partial charge in [0.25, 0.3) is 0 Å². The first-order chi connectivity index (χ1) is 39.2. The lowest BCUT2D eigenvalue weighted by molar-refractivity contribution is -0.151. The molecule has 2 aliphatic carbocycles. The highest BCUT2D eigenvalue weighted by atomic mass is 16.6. The molecule has 5 aliphatic rings. The van der Waals surface area contributed by atoms with Gasteiger partial charge in [-0.25, -0.2) is 4.79 Å². The third-order valence-corrected chi connectivity index (χ3v) is 16.5. The topological polar surface area (TPSA) is 252 Å². The zero-order valence-electron chi connectivity index (χ0n) is 48.3. The van der Waals surface area contributed by atoms with Crippen molar-refractivity contribution in [3.63, 3.8) is 0 Å². The minimum absolute atomic E-state index is 0.0411. The van der Waals surface area contributed by atoms with Crippen LogP contribution in [0.15, 0.2) is 109 Å². The van der Waals surface area contributed by atoms with Crippen molar-refractivity contribution in [3.8, 4) is 11.1 Å².